The molecule has 3 aromatic carbocycles. The van der Waals surface area contributed by atoms with Crippen LogP contribution in [0.3, 0.4) is 0 Å². The Kier molecular flexibility index (Phi) is 13.8. The number of hydrogen-bond donors (Lipinski definition) is 2. The van der Waals surface area contributed by atoms with Crippen LogP contribution in [0.25, 0.3) is 11.0 Å². The van der Waals surface area contributed by atoms with Crippen LogP contribution in [-0.2, 0) is 37.5 Å². The number of carbonyl (C=O) groups is 1. The average molecular weight is 770 g/mol. The Bertz CT molecular complexity index is 2020. The maximum absolute atomic E-state index is 12.3. The first-order valence-electron chi connectivity index (χ1n) is 18.7. The summed E-state index contributed by atoms with van der Waals surface area (Å²) in [5.74, 6) is 4.46. The fourth-order valence-electron chi connectivity index (χ4n) is 6.13. The summed E-state index contributed by atoms with van der Waals surface area (Å²) in [5.41, 5.74) is 4.58. The summed E-state index contributed by atoms with van der Waals surface area (Å²) >= 11 is 0. The van der Waals surface area contributed by atoms with Crippen LogP contribution in [-0.4, -0.2) is 72.5 Å². The minimum Gasteiger partial charge on any atom is -0.497 e. The molecule has 0 aliphatic rings. The molecule has 0 saturated carbocycles. The molecule has 14 heteroatoms. The molecule has 5 aromatic rings. The summed E-state index contributed by atoms with van der Waals surface area (Å²) in [6.45, 7) is 14.4. The maximum Gasteiger partial charge on any atom is 0.407 e. The summed E-state index contributed by atoms with van der Waals surface area (Å²) in [6, 6.07) is 19.6. The smallest absolute Gasteiger partial charge is 0.407 e. The SMILES string of the molecule is CCNCc1nc2c(N(Cc3ccc(OC)cc3OC)Cc3ccc(OC)cc3OC)nnc(OC(C)C)c2n1Cc1ccc(CNC(=O)OC(C)(C)C)cc1. The number of ether oxygens (including phenoxy) is 6. The van der Waals surface area contributed by atoms with Crippen molar-refractivity contribution in [2.45, 2.75) is 86.0 Å². The number of nitrogens with zero attached hydrogens (tertiary/aromatic N) is 5. The molecule has 0 aliphatic heterocycles. The fourth-order valence-corrected chi connectivity index (χ4v) is 6.13. The lowest BCUT2D eigenvalue weighted by molar-refractivity contribution is 0.0523. The van der Waals surface area contributed by atoms with Crippen LogP contribution in [0, 0.1) is 0 Å². The highest BCUT2D eigenvalue weighted by Crippen LogP contribution is 2.36. The highest BCUT2D eigenvalue weighted by molar-refractivity contribution is 5.90. The third-order valence-electron chi connectivity index (χ3n) is 8.79. The zero-order valence-electron chi connectivity index (χ0n) is 34.2. The molecule has 0 aliphatic carbocycles. The lowest BCUT2D eigenvalue weighted by Crippen LogP contribution is -2.32. The Morgan fingerprint density at radius 3 is 1.91 bits per heavy atom. The van der Waals surface area contributed by atoms with E-state index < -0.39 is 11.7 Å². The number of carbonyl (C=O) groups excluding carboxylic acids is 1. The number of nitrogens with one attached hydrogen (secondary N) is 2. The zero-order chi connectivity index (χ0) is 40.4. The van der Waals surface area contributed by atoms with Crippen molar-refractivity contribution in [2.75, 3.05) is 39.9 Å². The minimum atomic E-state index is -0.573. The van der Waals surface area contributed by atoms with Gasteiger partial charge < -0.3 is 48.5 Å². The van der Waals surface area contributed by atoms with Gasteiger partial charge in [-0.2, -0.15) is 0 Å². The van der Waals surface area contributed by atoms with Crippen LogP contribution in [0.15, 0.2) is 60.7 Å². The summed E-state index contributed by atoms with van der Waals surface area (Å²) < 4.78 is 36.5. The van der Waals surface area contributed by atoms with Gasteiger partial charge in [-0.25, -0.2) is 9.78 Å². The third-order valence-corrected chi connectivity index (χ3v) is 8.79. The van der Waals surface area contributed by atoms with E-state index in [9.17, 15) is 4.79 Å². The van der Waals surface area contributed by atoms with E-state index in [0.29, 0.717) is 72.9 Å². The van der Waals surface area contributed by atoms with Crippen molar-refractivity contribution in [3.05, 3.63) is 88.7 Å². The Labute approximate surface area is 329 Å². The molecule has 0 fully saturated rings. The van der Waals surface area contributed by atoms with Gasteiger partial charge in [0.15, 0.2) is 5.82 Å². The number of hydrogen-bond acceptors (Lipinski definition) is 12. The number of anilines is 1. The second-order valence-electron chi connectivity index (χ2n) is 14.5. The van der Waals surface area contributed by atoms with Crippen LogP contribution in [0.2, 0.25) is 0 Å². The Morgan fingerprint density at radius 2 is 1.39 bits per heavy atom. The molecule has 2 heterocycles. The summed E-state index contributed by atoms with van der Waals surface area (Å²) in [5, 5.41) is 15.8. The predicted molar refractivity (Wildman–Crippen MR) is 216 cm³/mol. The summed E-state index contributed by atoms with van der Waals surface area (Å²) in [7, 11) is 6.54. The molecule has 0 radical (unpaired) electrons. The fraction of sp³-hybridized carbons (Fsp3) is 0.429. The quantitative estimate of drug-likeness (QED) is 0.0944. The molecule has 1 amide bonds. The van der Waals surface area contributed by atoms with Crippen molar-refractivity contribution < 1.29 is 33.2 Å². The molecule has 0 bridgehead atoms. The van der Waals surface area contributed by atoms with Crippen LogP contribution in [0.1, 0.15) is 69.6 Å². The van der Waals surface area contributed by atoms with E-state index in [1.54, 1.807) is 28.4 Å². The largest absolute Gasteiger partial charge is 0.497 e. The number of fused-ring (bicyclic) bond motifs is 1. The second-order valence-corrected chi connectivity index (χ2v) is 14.5. The van der Waals surface area contributed by atoms with Crippen molar-refractivity contribution in [3.63, 3.8) is 0 Å². The zero-order valence-corrected chi connectivity index (χ0v) is 34.2. The van der Waals surface area contributed by atoms with Gasteiger partial charge in [0.1, 0.15) is 45.5 Å². The first-order valence-corrected chi connectivity index (χ1v) is 18.7. The number of imidazole rings is 1. The van der Waals surface area contributed by atoms with E-state index in [2.05, 4.69) is 27.0 Å². The maximum atomic E-state index is 12.3. The highest BCUT2D eigenvalue weighted by Gasteiger charge is 2.26. The van der Waals surface area contributed by atoms with Crippen LogP contribution >= 0.6 is 0 Å². The lowest BCUT2D eigenvalue weighted by atomic mass is 10.1. The first-order chi connectivity index (χ1) is 26.9. The molecular weight excluding hydrogens is 715 g/mol. The average Bonchev–Trinajstić information content (AvgIpc) is 3.53. The van der Waals surface area contributed by atoms with E-state index >= 15 is 0 Å². The van der Waals surface area contributed by atoms with Crippen LogP contribution in [0.4, 0.5) is 10.6 Å². The molecule has 0 unspecified atom stereocenters. The van der Waals surface area contributed by atoms with E-state index in [1.807, 2.05) is 95.3 Å². The van der Waals surface area contributed by atoms with Gasteiger partial charge in [-0.1, -0.05) is 31.2 Å². The van der Waals surface area contributed by atoms with Gasteiger partial charge in [-0.05, 0) is 76.6 Å². The number of alkyl carbamates (subject to hydrolysis) is 1. The van der Waals surface area contributed by atoms with Gasteiger partial charge in [0.25, 0.3) is 5.88 Å². The number of aromatic nitrogens is 4. The molecule has 2 N–H and O–H groups in total. The molecule has 0 saturated heterocycles. The molecule has 14 nitrogen and oxygen atoms in total. The number of rotatable bonds is 18. The third kappa shape index (κ3) is 10.5. The monoisotopic (exact) mass is 769 g/mol. The molecule has 5 rings (SSSR count). The van der Waals surface area contributed by atoms with E-state index in [0.717, 1.165) is 40.1 Å². The van der Waals surface area contributed by atoms with E-state index in [-0.39, 0.29) is 6.10 Å². The number of benzene rings is 3. The highest BCUT2D eigenvalue weighted by atomic mass is 16.6. The number of amides is 1. The van der Waals surface area contributed by atoms with Gasteiger partial charge in [-0.3, -0.25) is 0 Å². The molecular formula is C42H55N7O7. The lowest BCUT2D eigenvalue weighted by Gasteiger charge is -2.26. The molecule has 56 heavy (non-hydrogen) atoms. The van der Waals surface area contributed by atoms with Crippen molar-refractivity contribution >= 4 is 22.9 Å². The standard InChI is InChI=1S/C42H55N7O7/c1-11-43-23-36-45-37-38(49(36)24-29-14-12-28(13-15-29)22-44-41(50)56-42(4,5)6)40(55-27(2)3)47-46-39(37)48(25-30-16-18-32(51-7)20-34(30)53-9)26-31-17-19-33(52-8)21-35(31)54-10/h12-21,27,43H,11,22-26H2,1-10H3,(H,44,50). The van der Waals surface area contributed by atoms with Crippen molar-refractivity contribution in [3.8, 4) is 28.9 Å². The van der Waals surface area contributed by atoms with Crippen molar-refractivity contribution in [1.82, 2.24) is 30.4 Å². The van der Waals surface area contributed by atoms with Crippen LogP contribution in [0.5, 0.6) is 28.9 Å². The van der Waals surface area contributed by atoms with E-state index in [4.69, 9.17) is 43.6 Å². The molecule has 0 spiro atoms. The van der Waals surface area contributed by atoms with Gasteiger partial charge in [0.05, 0.1) is 41.1 Å². The Balaban J connectivity index is 1.62. The first kappa shape index (κ1) is 41.4. The Hall–Kier alpha value is -5.76. The van der Waals surface area contributed by atoms with Gasteiger partial charge >= 0.3 is 6.09 Å². The molecule has 2 aromatic heterocycles. The molecule has 300 valence electrons. The molecule has 0 atom stereocenters. The summed E-state index contributed by atoms with van der Waals surface area (Å²) in [4.78, 5) is 19.6. The van der Waals surface area contributed by atoms with Gasteiger partial charge in [-0.15, -0.1) is 10.2 Å². The van der Waals surface area contributed by atoms with Gasteiger partial charge in [0.2, 0.25) is 0 Å². The van der Waals surface area contributed by atoms with Crippen LogP contribution < -0.4 is 39.2 Å². The van der Waals surface area contributed by atoms with E-state index in [1.165, 1.54) is 0 Å². The number of methoxy groups -OCH3 is 4. The summed E-state index contributed by atoms with van der Waals surface area (Å²) in [6.07, 6.45) is -0.627. The van der Waals surface area contributed by atoms with Gasteiger partial charge in [0, 0.05) is 49.4 Å². The Morgan fingerprint density at radius 1 is 0.804 bits per heavy atom. The second kappa shape index (κ2) is 18.7. The normalized spacial score (nSPS) is 11.4. The van der Waals surface area contributed by atoms with Crippen molar-refractivity contribution in [1.29, 1.82) is 0 Å². The van der Waals surface area contributed by atoms with Crippen molar-refractivity contribution in [2.24, 2.45) is 0 Å². The minimum absolute atomic E-state index is 0.168. The topological polar surface area (TPSA) is 143 Å². The predicted octanol–water partition coefficient (Wildman–Crippen LogP) is 7.04.